The Balaban J connectivity index is 2.83. The Bertz CT molecular complexity index is 404. The number of likely N-dealkylation sites (N-methyl/N-ethyl adjacent to an activating group) is 1. The molecular formula is C11H15N2O3+. The number of nitro groups is 1. The number of nitrogens with one attached hydrogen (secondary N) is 1. The van der Waals surface area contributed by atoms with Gasteiger partial charge in [0.05, 0.1) is 18.0 Å². The number of benzene rings is 1. The number of carbonyl (C=O) groups excluding carboxylic acids is 1. The summed E-state index contributed by atoms with van der Waals surface area (Å²) in [4.78, 5) is 22.3. The van der Waals surface area contributed by atoms with Gasteiger partial charge in [0.1, 0.15) is 12.2 Å². The van der Waals surface area contributed by atoms with Crippen LogP contribution in [0.2, 0.25) is 0 Å². The zero-order valence-electron chi connectivity index (χ0n) is 9.40. The number of nitro benzene ring substituents is 1. The second-order valence-electron chi connectivity index (χ2n) is 3.66. The zero-order valence-corrected chi connectivity index (χ0v) is 9.40. The predicted octanol–water partition coefficient (Wildman–Crippen LogP) is 0.720. The number of nitrogens with zero attached hydrogens (tertiary/aromatic N) is 1. The van der Waals surface area contributed by atoms with Crippen molar-refractivity contribution in [3.05, 3.63) is 34.4 Å². The van der Waals surface area contributed by atoms with Crippen LogP contribution >= 0.6 is 0 Å². The average Bonchev–Trinajstić information content (AvgIpc) is 2.28. The van der Waals surface area contributed by atoms with Crippen LogP contribution in [-0.2, 0) is 4.79 Å². The van der Waals surface area contributed by atoms with Gasteiger partial charge in [0.2, 0.25) is 0 Å². The van der Waals surface area contributed by atoms with Crippen LogP contribution in [0.4, 0.5) is 11.4 Å². The molecule has 16 heavy (non-hydrogen) atoms. The molecular weight excluding hydrogens is 208 g/mol. The first kappa shape index (κ1) is 12.3. The van der Waals surface area contributed by atoms with E-state index in [4.69, 9.17) is 0 Å². The Labute approximate surface area is 93.8 Å². The third-order valence-electron chi connectivity index (χ3n) is 2.41. The third-order valence-corrected chi connectivity index (χ3v) is 2.41. The second kappa shape index (κ2) is 5.37. The molecule has 0 heterocycles. The predicted molar refractivity (Wildman–Crippen MR) is 59.8 cm³/mol. The summed E-state index contributed by atoms with van der Waals surface area (Å²) in [7, 11) is 1.83. The van der Waals surface area contributed by atoms with Crippen LogP contribution in [0.5, 0.6) is 0 Å². The Morgan fingerprint density at radius 2 is 2.19 bits per heavy atom. The van der Waals surface area contributed by atoms with Gasteiger partial charge in [0, 0.05) is 12.5 Å². The van der Waals surface area contributed by atoms with E-state index >= 15 is 0 Å². The molecule has 0 aliphatic rings. The molecule has 1 aromatic carbocycles. The van der Waals surface area contributed by atoms with Crippen LogP contribution < -0.4 is 4.90 Å². The number of non-ortho nitro benzene ring substituents is 1. The molecule has 1 rings (SSSR count). The molecule has 0 aliphatic heterocycles. The number of Topliss-reactive ketones (excluding diaryl/α,β-unsaturated/α-hetero) is 1. The van der Waals surface area contributed by atoms with Gasteiger partial charge < -0.3 is 0 Å². The van der Waals surface area contributed by atoms with Crippen molar-refractivity contribution in [1.82, 2.24) is 0 Å². The summed E-state index contributed by atoms with van der Waals surface area (Å²) in [6, 6.07) is 6.36. The van der Waals surface area contributed by atoms with E-state index in [9.17, 15) is 14.9 Å². The molecule has 0 aromatic heterocycles. The van der Waals surface area contributed by atoms with Gasteiger partial charge in [-0.15, -0.1) is 0 Å². The number of hydrogen-bond acceptors (Lipinski definition) is 3. The van der Waals surface area contributed by atoms with E-state index < -0.39 is 4.92 Å². The fourth-order valence-corrected chi connectivity index (χ4v) is 1.41. The minimum absolute atomic E-state index is 0.0563. The van der Waals surface area contributed by atoms with E-state index in [0.717, 1.165) is 10.6 Å². The standard InChI is InChI=1S/C11H14N2O3/c1-3-11(14)8-12(2)9-5-4-6-10(7-9)13(15)16/h4-7H,3,8H2,1-2H3/p+1. The van der Waals surface area contributed by atoms with Crippen molar-refractivity contribution in [2.45, 2.75) is 13.3 Å². The van der Waals surface area contributed by atoms with E-state index in [1.807, 2.05) is 14.0 Å². The summed E-state index contributed by atoms with van der Waals surface area (Å²) in [6.07, 6.45) is 0.492. The maximum absolute atomic E-state index is 11.3. The van der Waals surface area contributed by atoms with Crippen molar-refractivity contribution in [1.29, 1.82) is 0 Å². The van der Waals surface area contributed by atoms with Gasteiger partial charge in [0.25, 0.3) is 5.69 Å². The highest BCUT2D eigenvalue weighted by atomic mass is 16.6. The lowest BCUT2D eigenvalue weighted by molar-refractivity contribution is -0.800. The fourth-order valence-electron chi connectivity index (χ4n) is 1.41. The second-order valence-corrected chi connectivity index (χ2v) is 3.66. The lowest BCUT2D eigenvalue weighted by atomic mass is 10.2. The van der Waals surface area contributed by atoms with Gasteiger partial charge in [-0.3, -0.25) is 19.8 Å². The highest BCUT2D eigenvalue weighted by Gasteiger charge is 2.14. The molecule has 5 heteroatoms. The van der Waals surface area contributed by atoms with Crippen molar-refractivity contribution in [3.63, 3.8) is 0 Å². The zero-order chi connectivity index (χ0) is 12.1. The molecule has 0 fully saturated rings. The molecule has 86 valence electrons. The van der Waals surface area contributed by atoms with Crippen LogP contribution in [0.3, 0.4) is 0 Å². The maximum Gasteiger partial charge on any atom is 0.275 e. The highest BCUT2D eigenvalue weighted by Crippen LogP contribution is 2.13. The normalized spacial score (nSPS) is 12.1. The quantitative estimate of drug-likeness (QED) is 0.591. The largest absolute Gasteiger partial charge is 0.299 e. The third kappa shape index (κ3) is 3.13. The summed E-state index contributed by atoms with van der Waals surface area (Å²) in [6.45, 7) is 2.17. The molecule has 1 unspecified atom stereocenters. The summed E-state index contributed by atoms with van der Waals surface area (Å²) in [5, 5.41) is 10.6. The van der Waals surface area contributed by atoms with Gasteiger partial charge in [-0.25, -0.2) is 0 Å². The first-order chi connectivity index (χ1) is 7.54. The number of carbonyl (C=O) groups is 1. The highest BCUT2D eigenvalue weighted by molar-refractivity contribution is 5.79. The van der Waals surface area contributed by atoms with Crippen molar-refractivity contribution in [2.75, 3.05) is 13.6 Å². The van der Waals surface area contributed by atoms with Crippen LogP contribution in [0.1, 0.15) is 13.3 Å². The van der Waals surface area contributed by atoms with E-state index in [1.165, 1.54) is 12.1 Å². The average molecular weight is 223 g/mol. The maximum atomic E-state index is 11.3. The number of rotatable bonds is 5. The van der Waals surface area contributed by atoms with E-state index in [-0.39, 0.29) is 11.5 Å². The molecule has 0 saturated carbocycles. The Hall–Kier alpha value is -1.75. The molecule has 1 aromatic rings. The van der Waals surface area contributed by atoms with Gasteiger partial charge in [-0.2, -0.15) is 0 Å². The SMILES string of the molecule is CCC(=O)C[NH+](C)c1cccc([N+](=O)[O-])c1. The number of hydrogen-bond donors (Lipinski definition) is 1. The van der Waals surface area contributed by atoms with Crippen LogP contribution in [0.15, 0.2) is 24.3 Å². The molecule has 0 saturated heterocycles. The lowest BCUT2D eigenvalue weighted by Crippen LogP contribution is -3.05. The minimum Gasteiger partial charge on any atom is -0.299 e. The number of ketones is 1. The van der Waals surface area contributed by atoms with E-state index in [0.29, 0.717) is 13.0 Å². The van der Waals surface area contributed by atoms with E-state index in [1.54, 1.807) is 12.1 Å². The summed E-state index contributed by atoms with van der Waals surface area (Å²) >= 11 is 0. The summed E-state index contributed by atoms with van der Waals surface area (Å²) in [5.41, 5.74) is 0.816. The smallest absolute Gasteiger partial charge is 0.275 e. The minimum atomic E-state index is -0.432. The molecule has 0 radical (unpaired) electrons. The molecule has 0 bridgehead atoms. The van der Waals surface area contributed by atoms with Gasteiger partial charge in [0.15, 0.2) is 5.78 Å². The molecule has 5 nitrogen and oxygen atoms in total. The topological polar surface area (TPSA) is 64.7 Å². The van der Waals surface area contributed by atoms with Crippen LogP contribution in [0.25, 0.3) is 0 Å². The van der Waals surface area contributed by atoms with Gasteiger partial charge in [-0.1, -0.05) is 6.92 Å². The van der Waals surface area contributed by atoms with E-state index in [2.05, 4.69) is 0 Å². The first-order valence-corrected chi connectivity index (χ1v) is 5.13. The number of quaternary nitrogens is 1. The fraction of sp³-hybridized carbons (Fsp3) is 0.364. The van der Waals surface area contributed by atoms with Crippen molar-refractivity contribution < 1.29 is 14.6 Å². The Morgan fingerprint density at radius 1 is 1.50 bits per heavy atom. The van der Waals surface area contributed by atoms with Crippen molar-refractivity contribution in [2.24, 2.45) is 0 Å². The summed E-state index contributed by atoms with van der Waals surface area (Å²) < 4.78 is 0. The molecule has 0 spiro atoms. The van der Waals surface area contributed by atoms with Crippen LogP contribution in [-0.4, -0.2) is 24.3 Å². The molecule has 0 amide bonds. The van der Waals surface area contributed by atoms with Crippen molar-refractivity contribution in [3.8, 4) is 0 Å². The first-order valence-electron chi connectivity index (χ1n) is 5.13. The monoisotopic (exact) mass is 223 g/mol. The van der Waals surface area contributed by atoms with Gasteiger partial charge >= 0.3 is 0 Å². The molecule has 1 N–H and O–H groups in total. The molecule has 1 atom stereocenters. The summed E-state index contributed by atoms with van der Waals surface area (Å²) in [5.74, 6) is 0.143. The Morgan fingerprint density at radius 3 is 2.75 bits per heavy atom. The Kier molecular flexibility index (Phi) is 4.13. The lowest BCUT2D eigenvalue weighted by Gasteiger charge is -2.11. The van der Waals surface area contributed by atoms with Crippen LogP contribution in [0, 0.1) is 10.1 Å². The van der Waals surface area contributed by atoms with Crippen molar-refractivity contribution >= 4 is 17.2 Å². The van der Waals surface area contributed by atoms with Gasteiger partial charge in [-0.05, 0) is 12.1 Å². The molecule has 0 aliphatic carbocycles.